The van der Waals surface area contributed by atoms with Crippen LogP contribution in [0.3, 0.4) is 0 Å². The van der Waals surface area contributed by atoms with Crippen LogP contribution in [0.2, 0.25) is 0 Å². The van der Waals surface area contributed by atoms with Crippen molar-refractivity contribution in [3.63, 3.8) is 0 Å². The number of rotatable bonds is 12. The summed E-state index contributed by atoms with van der Waals surface area (Å²) in [4.78, 5) is 0. The fourth-order valence-corrected chi connectivity index (χ4v) is 9.57. The predicted molar refractivity (Wildman–Crippen MR) is 125 cm³/mol. The summed E-state index contributed by atoms with van der Waals surface area (Å²) in [6, 6.07) is 22.1. The number of nitrogens with two attached hydrogens (primary N) is 1. The fourth-order valence-electron chi connectivity index (χ4n) is 3.73. The van der Waals surface area contributed by atoms with Crippen LogP contribution in [0.4, 0.5) is 0 Å². The topological polar surface area (TPSA) is 26.0 Å². The normalized spacial score (nSPS) is 13.3. The van der Waals surface area contributed by atoms with Crippen molar-refractivity contribution in [1.82, 2.24) is 0 Å². The molecule has 0 aromatic heterocycles. The molecule has 0 atom stereocenters. The first-order chi connectivity index (χ1) is 12.6. The van der Waals surface area contributed by atoms with E-state index in [0.717, 1.165) is 6.54 Å². The van der Waals surface area contributed by atoms with E-state index in [-0.39, 0.29) is 0 Å². The SMILES string of the molecule is CP(Br)(CCCCCCCCCCN)(c1ccccc1)c1ccccc1. The molecule has 0 aliphatic carbocycles. The number of unbranched alkanes of at least 4 members (excludes halogenated alkanes) is 7. The molecule has 0 spiro atoms. The van der Waals surface area contributed by atoms with Gasteiger partial charge in [0.1, 0.15) is 0 Å². The molecule has 2 N–H and O–H groups in total. The van der Waals surface area contributed by atoms with Crippen LogP contribution in [-0.2, 0) is 0 Å². The summed E-state index contributed by atoms with van der Waals surface area (Å²) in [6.45, 7) is 3.32. The summed E-state index contributed by atoms with van der Waals surface area (Å²) in [7, 11) is 0. The average Bonchev–Trinajstić information content (AvgIpc) is 2.68. The van der Waals surface area contributed by atoms with E-state index in [4.69, 9.17) is 5.73 Å². The van der Waals surface area contributed by atoms with Gasteiger partial charge in [0.05, 0.1) is 0 Å². The molecule has 1 nitrogen and oxygen atoms in total. The fraction of sp³-hybridized carbons (Fsp3) is 0.478. The molecule has 26 heavy (non-hydrogen) atoms. The molecular formula is C23H35BrNP. The van der Waals surface area contributed by atoms with E-state index in [1.165, 1.54) is 68.1 Å². The van der Waals surface area contributed by atoms with Crippen LogP contribution in [0.5, 0.6) is 0 Å². The molecule has 0 bridgehead atoms. The Hall–Kier alpha value is -0.690. The van der Waals surface area contributed by atoms with Crippen LogP contribution >= 0.6 is 20.8 Å². The van der Waals surface area contributed by atoms with Gasteiger partial charge in [-0.2, -0.15) is 0 Å². The zero-order valence-electron chi connectivity index (χ0n) is 16.2. The molecule has 0 radical (unpaired) electrons. The number of hydrogen-bond acceptors (Lipinski definition) is 1. The van der Waals surface area contributed by atoms with Gasteiger partial charge in [-0.3, -0.25) is 0 Å². The zero-order chi connectivity index (χ0) is 18.7. The number of halogens is 1. The van der Waals surface area contributed by atoms with Gasteiger partial charge < -0.3 is 0 Å². The van der Waals surface area contributed by atoms with E-state index in [0.29, 0.717) is 0 Å². The van der Waals surface area contributed by atoms with Crippen molar-refractivity contribution in [2.24, 2.45) is 5.73 Å². The van der Waals surface area contributed by atoms with Crippen LogP contribution in [0.15, 0.2) is 60.7 Å². The Morgan fingerprint density at radius 1 is 0.654 bits per heavy atom. The molecule has 0 heterocycles. The third-order valence-corrected chi connectivity index (χ3v) is 13.7. The van der Waals surface area contributed by atoms with Gasteiger partial charge >= 0.3 is 169 Å². The molecule has 2 aromatic rings. The standard InChI is InChI=1S/C23H35BrNP/c1-26(24,22-16-10-8-11-17-22,23-18-12-9-13-19-23)21-15-7-5-3-2-4-6-14-20-25/h8-13,16-19H,2-7,14-15,20-21,25H2,1H3. The molecule has 2 rings (SSSR count). The van der Waals surface area contributed by atoms with Gasteiger partial charge in [-0.15, -0.1) is 0 Å². The van der Waals surface area contributed by atoms with Crippen molar-refractivity contribution >= 4 is 31.4 Å². The van der Waals surface area contributed by atoms with Gasteiger partial charge in [0.2, 0.25) is 0 Å². The van der Waals surface area contributed by atoms with E-state index in [1.807, 2.05) is 0 Å². The Morgan fingerprint density at radius 2 is 1.04 bits per heavy atom. The summed E-state index contributed by atoms with van der Waals surface area (Å²) in [6.07, 6.45) is 11.7. The summed E-state index contributed by atoms with van der Waals surface area (Å²) in [5.41, 5.74) is 5.56. The summed E-state index contributed by atoms with van der Waals surface area (Å²) in [5, 5.41) is 0.646. The van der Waals surface area contributed by atoms with E-state index in [2.05, 4.69) is 82.8 Å². The molecule has 0 saturated heterocycles. The summed E-state index contributed by atoms with van der Waals surface area (Å²) >= 11 is 4.34. The Kier molecular flexibility index (Phi) is 8.80. The van der Waals surface area contributed by atoms with Crippen molar-refractivity contribution in [3.05, 3.63) is 60.7 Å². The van der Waals surface area contributed by atoms with Crippen LogP contribution in [0.1, 0.15) is 51.4 Å². The van der Waals surface area contributed by atoms with Crippen molar-refractivity contribution in [2.45, 2.75) is 51.4 Å². The third kappa shape index (κ3) is 5.91. The second-order valence-electron chi connectivity index (χ2n) is 7.66. The van der Waals surface area contributed by atoms with Crippen molar-refractivity contribution in [2.75, 3.05) is 19.4 Å². The molecule has 0 fully saturated rings. The molecule has 0 unspecified atom stereocenters. The maximum atomic E-state index is 5.56. The third-order valence-electron chi connectivity index (χ3n) is 5.49. The van der Waals surface area contributed by atoms with Gasteiger partial charge in [-0.1, -0.05) is 0 Å². The molecule has 0 aliphatic rings. The van der Waals surface area contributed by atoms with Crippen molar-refractivity contribution < 1.29 is 0 Å². The van der Waals surface area contributed by atoms with E-state index in [9.17, 15) is 0 Å². The molecule has 3 heteroatoms. The second kappa shape index (κ2) is 10.6. The van der Waals surface area contributed by atoms with Crippen molar-refractivity contribution in [3.8, 4) is 0 Å². The van der Waals surface area contributed by atoms with Gasteiger partial charge in [0.25, 0.3) is 0 Å². The monoisotopic (exact) mass is 435 g/mol. The average molecular weight is 436 g/mol. The van der Waals surface area contributed by atoms with Crippen molar-refractivity contribution in [1.29, 1.82) is 0 Å². The number of benzene rings is 2. The number of hydrogen-bond donors (Lipinski definition) is 1. The first-order valence-electron chi connectivity index (χ1n) is 10.1. The molecule has 0 saturated carbocycles. The first kappa shape index (κ1) is 21.6. The minimum absolute atomic E-state index is 0.841. The Labute approximate surface area is 168 Å². The molecule has 144 valence electrons. The van der Waals surface area contributed by atoms with E-state index >= 15 is 0 Å². The molecular weight excluding hydrogens is 401 g/mol. The van der Waals surface area contributed by atoms with Crippen LogP contribution in [-0.4, -0.2) is 19.4 Å². The zero-order valence-corrected chi connectivity index (χ0v) is 18.7. The minimum atomic E-state index is -2.28. The molecule has 0 amide bonds. The summed E-state index contributed by atoms with van der Waals surface area (Å²) < 4.78 is 0. The Balaban J connectivity index is 1.95. The summed E-state index contributed by atoms with van der Waals surface area (Å²) in [5.74, 6) is 0. The Morgan fingerprint density at radius 3 is 1.46 bits per heavy atom. The van der Waals surface area contributed by atoms with E-state index < -0.39 is 5.31 Å². The van der Waals surface area contributed by atoms with Crippen LogP contribution < -0.4 is 16.3 Å². The van der Waals surface area contributed by atoms with Crippen LogP contribution in [0.25, 0.3) is 0 Å². The molecule has 2 aromatic carbocycles. The van der Waals surface area contributed by atoms with Gasteiger partial charge in [0, 0.05) is 0 Å². The first-order valence-corrected chi connectivity index (χ1v) is 15.0. The quantitative estimate of drug-likeness (QED) is 0.311. The maximum absolute atomic E-state index is 5.56. The van der Waals surface area contributed by atoms with Gasteiger partial charge in [-0.05, 0) is 0 Å². The molecule has 0 aliphatic heterocycles. The predicted octanol–water partition coefficient (Wildman–Crippen LogP) is 6.21. The Bertz CT molecular complexity index is 584. The van der Waals surface area contributed by atoms with Crippen LogP contribution in [0, 0.1) is 0 Å². The van der Waals surface area contributed by atoms with Gasteiger partial charge in [-0.25, -0.2) is 0 Å². The van der Waals surface area contributed by atoms with Gasteiger partial charge in [0.15, 0.2) is 0 Å². The second-order valence-corrected chi connectivity index (χ2v) is 18.2. The van der Waals surface area contributed by atoms with E-state index in [1.54, 1.807) is 0 Å².